The third kappa shape index (κ3) is 5.54. The van der Waals surface area contributed by atoms with Crippen LogP contribution in [0.25, 0.3) is 0 Å². The third-order valence-electron chi connectivity index (χ3n) is 4.34. The maximum Gasteiger partial charge on any atom is 0.338 e. The molecule has 0 unspecified atom stereocenters. The quantitative estimate of drug-likeness (QED) is 0.460. The first-order chi connectivity index (χ1) is 14.1. The average molecular weight is 451 g/mol. The number of benzene rings is 2. The first kappa shape index (κ1) is 23.8. The first-order valence-electron chi connectivity index (χ1n) is 9.39. The van der Waals surface area contributed by atoms with Gasteiger partial charge in [-0.2, -0.15) is 0 Å². The van der Waals surface area contributed by atoms with Gasteiger partial charge in [0, 0.05) is 10.8 Å². The van der Waals surface area contributed by atoms with E-state index in [2.05, 4.69) is 10.0 Å². The maximum absolute atomic E-state index is 13.0. The van der Waals surface area contributed by atoms with E-state index >= 15 is 0 Å². The minimum absolute atomic E-state index is 0.000272. The first-order valence-corrected chi connectivity index (χ1v) is 12.1. The highest BCUT2D eigenvalue weighted by Gasteiger charge is 2.20. The molecule has 0 aliphatic rings. The molecule has 2 aromatic rings. The molecule has 30 heavy (non-hydrogen) atoms. The van der Waals surface area contributed by atoms with Gasteiger partial charge in [-0.05, 0) is 56.0 Å². The van der Waals surface area contributed by atoms with E-state index < -0.39 is 16.0 Å². The van der Waals surface area contributed by atoms with E-state index in [0.29, 0.717) is 16.8 Å². The van der Waals surface area contributed by atoms with Crippen LogP contribution in [0.5, 0.6) is 0 Å². The van der Waals surface area contributed by atoms with Crippen LogP contribution >= 0.6 is 11.8 Å². The molecule has 9 heteroatoms. The smallest absolute Gasteiger partial charge is 0.338 e. The van der Waals surface area contributed by atoms with Gasteiger partial charge >= 0.3 is 5.97 Å². The Balaban J connectivity index is 2.40. The Morgan fingerprint density at radius 2 is 1.83 bits per heavy atom. The molecule has 0 bridgehead atoms. The predicted molar refractivity (Wildman–Crippen MR) is 120 cm³/mol. The van der Waals surface area contributed by atoms with Crippen molar-refractivity contribution in [1.82, 2.24) is 0 Å². The van der Waals surface area contributed by atoms with Crippen LogP contribution in [0.4, 0.5) is 11.4 Å². The minimum Gasteiger partial charge on any atom is -0.462 e. The number of thioether (sulfide) groups is 1. The summed E-state index contributed by atoms with van der Waals surface area (Å²) in [7, 11) is -3.96. The molecule has 0 atom stereocenters. The summed E-state index contributed by atoms with van der Waals surface area (Å²) in [6.45, 7) is 7.09. The molecule has 0 aromatic heterocycles. The van der Waals surface area contributed by atoms with E-state index in [1.54, 1.807) is 52.0 Å². The van der Waals surface area contributed by atoms with Gasteiger partial charge in [0.1, 0.15) is 0 Å². The summed E-state index contributed by atoms with van der Waals surface area (Å²) >= 11 is 1.40. The van der Waals surface area contributed by atoms with E-state index in [0.717, 1.165) is 4.90 Å². The van der Waals surface area contributed by atoms with E-state index in [4.69, 9.17) is 4.74 Å². The molecule has 0 radical (unpaired) electrons. The Morgan fingerprint density at radius 3 is 2.43 bits per heavy atom. The molecule has 0 aliphatic carbocycles. The molecule has 2 N–H and O–H groups in total. The fourth-order valence-electron chi connectivity index (χ4n) is 2.61. The summed E-state index contributed by atoms with van der Waals surface area (Å²) in [4.78, 5) is 24.9. The van der Waals surface area contributed by atoms with Gasteiger partial charge in [0.25, 0.3) is 10.0 Å². The van der Waals surface area contributed by atoms with Gasteiger partial charge in [-0.15, -0.1) is 11.8 Å². The number of amides is 1. The molecule has 1 amide bonds. The largest absolute Gasteiger partial charge is 0.462 e. The number of carbonyl (C=O) groups excluding carboxylic acids is 2. The second kappa shape index (κ2) is 9.99. The summed E-state index contributed by atoms with van der Waals surface area (Å²) in [5, 5.41) is 2.77. The van der Waals surface area contributed by atoms with Gasteiger partial charge in [-0.3, -0.25) is 9.52 Å². The Kier molecular flexibility index (Phi) is 7.91. The SMILES string of the molecule is CCOC(=O)c1cccc(NS(=O)(=O)c2ccc(SC)c(NC(=O)C(C)C)c2)c1C. The lowest BCUT2D eigenvalue weighted by Crippen LogP contribution is -2.19. The van der Waals surface area contributed by atoms with Crippen LogP contribution in [0, 0.1) is 12.8 Å². The lowest BCUT2D eigenvalue weighted by atomic mass is 10.1. The van der Waals surface area contributed by atoms with Crippen LogP contribution in [0.3, 0.4) is 0 Å². The molecule has 2 aromatic carbocycles. The average Bonchev–Trinajstić information content (AvgIpc) is 2.69. The number of esters is 1. The molecule has 0 fully saturated rings. The number of ether oxygens (including phenoxy) is 1. The van der Waals surface area contributed by atoms with Crippen molar-refractivity contribution in [1.29, 1.82) is 0 Å². The molecule has 162 valence electrons. The van der Waals surface area contributed by atoms with Crippen molar-refractivity contribution in [2.75, 3.05) is 22.9 Å². The number of hydrogen-bond donors (Lipinski definition) is 2. The molecule has 0 saturated carbocycles. The fraction of sp³-hybridized carbons (Fsp3) is 0.333. The van der Waals surface area contributed by atoms with Crippen molar-refractivity contribution in [3.8, 4) is 0 Å². The number of carbonyl (C=O) groups is 2. The summed E-state index contributed by atoms with van der Waals surface area (Å²) in [5.74, 6) is -0.962. The van der Waals surface area contributed by atoms with Crippen LogP contribution in [0.15, 0.2) is 46.2 Å². The molecular formula is C21H26N2O5S2. The van der Waals surface area contributed by atoms with E-state index in [9.17, 15) is 18.0 Å². The van der Waals surface area contributed by atoms with Crippen molar-refractivity contribution in [2.45, 2.75) is 37.5 Å². The Bertz CT molecular complexity index is 1050. The summed E-state index contributed by atoms with van der Waals surface area (Å²) in [6, 6.07) is 9.30. The molecule has 0 aliphatic heterocycles. The van der Waals surface area contributed by atoms with Crippen molar-refractivity contribution in [3.63, 3.8) is 0 Å². The zero-order valence-electron chi connectivity index (χ0n) is 17.6. The molecular weight excluding hydrogens is 424 g/mol. The van der Waals surface area contributed by atoms with Crippen molar-refractivity contribution >= 4 is 45.0 Å². The second-order valence-corrected chi connectivity index (χ2v) is 9.34. The maximum atomic E-state index is 13.0. The predicted octanol–water partition coefficient (Wildman–Crippen LogP) is 4.29. The molecule has 0 spiro atoms. The van der Waals surface area contributed by atoms with Gasteiger partial charge in [-0.25, -0.2) is 13.2 Å². The van der Waals surface area contributed by atoms with Gasteiger partial charge in [0.05, 0.1) is 28.4 Å². The third-order valence-corrected chi connectivity index (χ3v) is 6.50. The van der Waals surface area contributed by atoms with Crippen molar-refractivity contribution in [2.24, 2.45) is 5.92 Å². The van der Waals surface area contributed by atoms with E-state index in [1.807, 2.05) is 6.26 Å². The summed E-state index contributed by atoms with van der Waals surface area (Å²) in [6.07, 6.45) is 1.84. The molecule has 0 heterocycles. The normalized spacial score (nSPS) is 11.3. The van der Waals surface area contributed by atoms with E-state index in [1.165, 1.54) is 23.9 Å². The Morgan fingerprint density at radius 1 is 1.13 bits per heavy atom. The van der Waals surface area contributed by atoms with Crippen LogP contribution < -0.4 is 10.0 Å². The van der Waals surface area contributed by atoms with Crippen molar-refractivity contribution < 1.29 is 22.7 Å². The number of hydrogen-bond acceptors (Lipinski definition) is 6. The van der Waals surface area contributed by atoms with Gasteiger partial charge in [0.15, 0.2) is 0 Å². The Labute approximate surface area is 181 Å². The zero-order valence-corrected chi connectivity index (χ0v) is 19.2. The number of nitrogens with one attached hydrogen (secondary N) is 2. The number of anilines is 2. The second-order valence-electron chi connectivity index (χ2n) is 6.81. The highest BCUT2D eigenvalue weighted by molar-refractivity contribution is 7.98. The van der Waals surface area contributed by atoms with Crippen LogP contribution in [-0.2, 0) is 19.6 Å². The number of rotatable bonds is 8. The minimum atomic E-state index is -3.96. The topological polar surface area (TPSA) is 102 Å². The Hall–Kier alpha value is -2.52. The molecule has 0 saturated heterocycles. The van der Waals surface area contributed by atoms with E-state index in [-0.39, 0.29) is 29.0 Å². The van der Waals surface area contributed by atoms with Crippen molar-refractivity contribution in [3.05, 3.63) is 47.5 Å². The lowest BCUT2D eigenvalue weighted by molar-refractivity contribution is -0.118. The zero-order chi connectivity index (χ0) is 22.5. The molecule has 2 rings (SSSR count). The highest BCUT2D eigenvalue weighted by Crippen LogP contribution is 2.30. The molecule has 7 nitrogen and oxygen atoms in total. The van der Waals surface area contributed by atoms with Crippen LogP contribution in [0.2, 0.25) is 0 Å². The highest BCUT2D eigenvalue weighted by atomic mass is 32.2. The van der Waals surface area contributed by atoms with Gasteiger partial charge in [0.2, 0.25) is 5.91 Å². The van der Waals surface area contributed by atoms with Crippen LogP contribution in [-0.4, -0.2) is 33.2 Å². The summed E-state index contributed by atoms with van der Waals surface area (Å²) < 4.78 is 33.5. The van der Waals surface area contributed by atoms with Crippen LogP contribution in [0.1, 0.15) is 36.7 Å². The summed E-state index contributed by atoms with van der Waals surface area (Å²) in [5.41, 5.74) is 1.47. The number of sulfonamides is 1. The van der Waals surface area contributed by atoms with Gasteiger partial charge in [-0.1, -0.05) is 19.9 Å². The monoisotopic (exact) mass is 450 g/mol. The fourth-order valence-corrected chi connectivity index (χ4v) is 4.29. The lowest BCUT2D eigenvalue weighted by Gasteiger charge is -2.16. The standard InChI is InChI=1S/C21H26N2O5S2/c1-6-28-21(25)16-8-7-9-17(14(16)4)23-30(26,27)15-10-11-19(29-5)18(12-15)22-20(24)13(2)3/h7-13,23H,6H2,1-5H3,(H,22,24). The van der Waals surface area contributed by atoms with Gasteiger partial charge < -0.3 is 10.1 Å².